The summed E-state index contributed by atoms with van der Waals surface area (Å²) in [7, 11) is 0. The number of nitrogens with two attached hydrogens (primary N) is 1. The largest absolute Gasteiger partial charge is 0.459 e. The molecular formula is C12H19N3O3. The predicted octanol–water partition coefficient (Wildman–Crippen LogP) is 0.109. The van der Waals surface area contributed by atoms with Gasteiger partial charge in [-0.2, -0.15) is 0 Å². The minimum atomic E-state index is -0.603. The van der Waals surface area contributed by atoms with Crippen LogP contribution < -0.4 is 16.4 Å². The predicted molar refractivity (Wildman–Crippen MR) is 66.9 cm³/mol. The van der Waals surface area contributed by atoms with Crippen molar-refractivity contribution in [1.29, 1.82) is 0 Å². The molecule has 4 N–H and O–H groups in total. The van der Waals surface area contributed by atoms with E-state index in [-0.39, 0.29) is 17.6 Å². The van der Waals surface area contributed by atoms with Gasteiger partial charge in [0.2, 0.25) is 5.91 Å². The van der Waals surface area contributed by atoms with Gasteiger partial charge in [-0.25, -0.2) is 0 Å². The lowest BCUT2D eigenvalue weighted by molar-refractivity contribution is -0.123. The Kier molecular flexibility index (Phi) is 5.38. The number of amides is 2. The average Bonchev–Trinajstić information content (AvgIpc) is 2.86. The minimum Gasteiger partial charge on any atom is -0.459 e. The van der Waals surface area contributed by atoms with Crippen LogP contribution in [0.4, 0.5) is 0 Å². The van der Waals surface area contributed by atoms with E-state index in [1.807, 2.05) is 13.8 Å². The van der Waals surface area contributed by atoms with Crippen LogP contribution in [-0.2, 0) is 4.79 Å². The molecule has 0 spiro atoms. The first kappa shape index (κ1) is 14.2. The first-order valence-corrected chi connectivity index (χ1v) is 5.88. The molecule has 0 bridgehead atoms. The Morgan fingerprint density at radius 3 is 2.67 bits per heavy atom. The lowest BCUT2D eigenvalue weighted by Gasteiger charge is -2.20. The van der Waals surface area contributed by atoms with Crippen molar-refractivity contribution >= 4 is 11.8 Å². The zero-order valence-corrected chi connectivity index (χ0v) is 10.6. The van der Waals surface area contributed by atoms with Gasteiger partial charge in [0, 0.05) is 13.1 Å². The number of nitrogens with one attached hydrogen (secondary N) is 2. The van der Waals surface area contributed by atoms with Crippen molar-refractivity contribution in [3.8, 4) is 0 Å². The zero-order chi connectivity index (χ0) is 13.5. The van der Waals surface area contributed by atoms with Crippen molar-refractivity contribution in [3.05, 3.63) is 24.2 Å². The highest BCUT2D eigenvalue weighted by atomic mass is 16.3. The topological polar surface area (TPSA) is 97.4 Å². The smallest absolute Gasteiger partial charge is 0.287 e. The molecule has 1 aromatic heterocycles. The Morgan fingerprint density at radius 2 is 2.17 bits per heavy atom. The Labute approximate surface area is 106 Å². The monoisotopic (exact) mass is 253 g/mol. The van der Waals surface area contributed by atoms with Crippen LogP contribution in [-0.4, -0.2) is 30.9 Å². The molecule has 0 fully saturated rings. The van der Waals surface area contributed by atoms with Gasteiger partial charge < -0.3 is 20.8 Å². The van der Waals surface area contributed by atoms with E-state index in [0.29, 0.717) is 13.1 Å². The molecule has 1 aromatic rings. The summed E-state index contributed by atoms with van der Waals surface area (Å²) < 4.78 is 4.97. The minimum absolute atomic E-state index is 0.0262. The number of carbonyl (C=O) groups excluding carboxylic acids is 2. The summed E-state index contributed by atoms with van der Waals surface area (Å²) >= 11 is 0. The van der Waals surface area contributed by atoms with Crippen LogP contribution in [0.3, 0.4) is 0 Å². The molecule has 2 amide bonds. The van der Waals surface area contributed by atoms with Gasteiger partial charge in [-0.15, -0.1) is 0 Å². The lowest BCUT2D eigenvalue weighted by Crippen LogP contribution is -2.50. The molecule has 0 aliphatic rings. The number of furan rings is 1. The van der Waals surface area contributed by atoms with E-state index in [9.17, 15) is 9.59 Å². The highest BCUT2D eigenvalue weighted by Gasteiger charge is 2.24. The maximum Gasteiger partial charge on any atom is 0.287 e. The van der Waals surface area contributed by atoms with E-state index in [1.165, 1.54) is 6.26 Å². The van der Waals surface area contributed by atoms with Gasteiger partial charge in [0.15, 0.2) is 5.76 Å². The van der Waals surface area contributed by atoms with Crippen LogP contribution in [0.1, 0.15) is 24.4 Å². The summed E-state index contributed by atoms with van der Waals surface area (Å²) in [4.78, 5) is 23.6. The second kappa shape index (κ2) is 6.80. The molecule has 0 saturated heterocycles. The fourth-order valence-corrected chi connectivity index (χ4v) is 1.46. The van der Waals surface area contributed by atoms with Crippen LogP contribution in [0.5, 0.6) is 0 Å². The molecule has 18 heavy (non-hydrogen) atoms. The number of hydrogen-bond acceptors (Lipinski definition) is 4. The molecule has 0 aliphatic heterocycles. The van der Waals surface area contributed by atoms with Gasteiger partial charge in [-0.1, -0.05) is 13.8 Å². The van der Waals surface area contributed by atoms with Crippen molar-refractivity contribution in [2.24, 2.45) is 11.7 Å². The van der Waals surface area contributed by atoms with E-state index in [0.717, 1.165) is 0 Å². The Morgan fingerprint density at radius 1 is 1.44 bits per heavy atom. The molecule has 1 atom stereocenters. The van der Waals surface area contributed by atoms with Crippen LogP contribution in [0.15, 0.2) is 22.8 Å². The number of carbonyl (C=O) groups is 2. The zero-order valence-electron chi connectivity index (χ0n) is 10.6. The SMILES string of the molecule is CC(C)C(NC(=O)c1ccco1)C(=O)NCCN. The molecule has 0 aliphatic carbocycles. The number of hydrogen-bond donors (Lipinski definition) is 3. The molecule has 0 saturated carbocycles. The van der Waals surface area contributed by atoms with E-state index >= 15 is 0 Å². The fourth-order valence-electron chi connectivity index (χ4n) is 1.46. The lowest BCUT2D eigenvalue weighted by atomic mass is 10.0. The first-order chi connectivity index (χ1) is 8.56. The molecule has 6 heteroatoms. The van der Waals surface area contributed by atoms with Gasteiger partial charge >= 0.3 is 0 Å². The highest BCUT2D eigenvalue weighted by molar-refractivity contribution is 5.95. The van der Waals surface area contributed by atoms with E-state index < -0.39 is 11.9 Å². The van der Waals surface area contributed by atoms with Crippen molar-refractivity contribution < 1.29 is 14.0 Å². The van der Waals surface area contributed by atoms with Crippen molar-refractivity contribution in [2.45, 2.75) is 19.9 Å². The van der Waals surface area contributed by atoms with E-state index in [4.69, 9.17) is 10.2 Å². The molecule has 6 nitrogen and oxygen atoms in total. The second-order valence-electron chi connectivity index (χ2n) is 4.25. The van der Waals surface area contributed by atoms with E-state index in [2.05, 4.69) is 10.6 Å². The van der Waals surface area contributed by atoms with Crippen LogP contribution >= 0.6 is 0 Å². The quantitative estimate of drug-likeness (QED) is 0.670. The molecule has 100 valence electrons. The molecule has 1 unspecified atom stereocenters. The summed E-state index contributed by atoms with van der Waals surface area (Å²) in [5.41, 5.74) is 5.31. The third-order valence-electron chi connectivity index (χ3n) is 2.42. The van der Waals surface area contributed by atoms with Crippen LogP contribution in [0, 0.1) is 5.92 Å². The number of rotatable bonds is 6. The Bertz CT molecular complexity index is 387. The van der Waals surface area contributed by atoms with E-state index in [1.54, 1.807) is 12.1 Å². The van der Waals surface area contributed by atoms with Crippen molar-refractivity contribution in [1.82, 2.24) is 10.6 Å². The summed E-state index contributed by atoms with van der Waals surface area (Å²) in [6.45, 7) is 4.46. The maximum absolute atomic E-state index is 11.8. The third kappa shape index (κ3) is 3.89. The van der Waals surface area contributed by atoms with Gasteiger partial charge in [-0.3, -0.25) is 9.59 Å². The molecule has 1 rings (SSSR count). The second-order valence-corrected chi connectivity index (χ2v) is 4.25. The van der Waals surface area contributed by atoms with Gasteiger partial charge in [0.05, 0.1) is 6.26 Å². The third-order valence-corrected chi connectivity index (χ3v) is 2.42. The first-order valence-electron chi connectivity index (χ1n) is 5.88. The molecule has 1 heterocycles. The van der Waals surface area contributed by atoms with Crippen LogP contribution in [0.2, 0.25) is 0 Å². The van der Waals surface area contributed by atoms with Crippen molar-refractivity contribution in [3.63, 3.8) is 0 Å². The van der Waals surface area contributed by atoms with Crippen molar-refractivity contribution in [2.75, 3.05) is 13.1 Å². The summed E-state index contributed by atoms with van der Waals surface area (Å²) in [6, 6.07) is 2.56. The highest BCUT2D eigenvalue weighted by Crippen LogP contribution is 2.05. The van der Waals surface area contributed by atoms with Gasteiger partial charge in [-0.05, 0) is 18.1 Å². The van der Waals surface area contributed by atoms with Crippen LogP contribution in [0.25, 0.3) is 0 Å². The summed E-state index contributed by atoms with van der Waals surface area (Å²) in [6.07, 6.45) is 1.41. The fraction of sp³-hybridized carbons (Fsp3) is 0.500. The Balaban J connectivity index is 2.63. The van der Waals surface area contributed by atoms with Gasteiger partial charge in [0.1, 0.15) is 6.04 Å². The van der Waals surface area contributed by atoms with Gasteiger partial charge in [0.25, 0.3) is 5.91 Å². The molecular weight excluding hydrogens is 234 g/mol. The summed E-state index contributed by atoms with van der Waals surface area (Å²) in [5.74, 6) is -0.481. The Hall–Kier alpha value is -1.82. The standard InChI is InChI=1S/C12H19N3O3/c1-8(2)10(12(17)14-6-5-13)15-11(16)9-4-3-7-18-9/h3-4,7-8,10H,5-6,13H2,1-2H3,(H,14,17)(H,15,16). The normalized spacial score (nSPS) is 12.2. The maximum atomic E-state index is 11.8. The molecule has 0 radical (unpaired) electrons. The summed E-state index contributed by atoms with van der Waals surface area (Å²) in [5, 5.41) is 5.30. The molecule has 0 aromatic carbocycles. The average molecular weight is 253 g/mol.